The summed E-state index contributed by atoms with van der Waals surface area (Å²) in [6.45, 7) is 3.77. The molecular weight excluding hydrogens is 1110 g/mol. The summed E-state index contributed by atoms with van der Waals surface area (Å²) in [4.78, 5) is 109. The number of nitrogens with one attached hydrogen (secondary N) is 8. The lowest BCUT2D eigenvalue weighted by molar-refractivity contribution is -0.132. The van der Waals surface area contributed by atoms with Crippen LogP contribution in [0.25, 0.3) is 0 Å². The van der Waals surface area contributed by atoms with Gasteiger partial charge < -0.3 is 79.8 Å². The molecule has 4 atom stereocenters. The Labute approximate surface area is 485 Å². The number of amides is 8. The van der Waals surface area contributed by atoms with Gasteiger partial charge in [-0.15, -0.1) is 0 Å². The number of anilines is 1. The highest BCUT2D eigenvalue weighted by atomic mass is 35.5. The Balaban J connectivity index is 0.000000798. The number of nitrogens with two attached hydrogens (primary N) is 3. The second kappa shape index (κ2) is 42.6. The van der Waals surface area contributed by atoms with Gasteiger partial charge in [-0.3, -0.25) is 38.4 Å². The smallest absolute Gasteiger partial charge is 0.244 e. The molecule has 23 nitrogen and oxygen atoms in total. The molecule has 0 saturated heterocycles. The molecule has 0 bridgehead atoms. The van der Waals surface area contributed by atoms with E-state index < -0.39 is 60.2 Å². The number of hydrogen-bond donors (Lipinski definition) is 14. The van der Waals surface area contributed by atoms with Crippen LogP contribution in [0.1, 0.15) is 54.9 Å². The second-order valence-electron chi connectivity index (χ2n) is 17.5. The number of phenolic OH excluding ortho intramolecular Hbond substituents is 2. The second-order valence-corrected chi connectivity index (χ2v) is 20.6. The zero-order chi connectivity index (χ0) is 60.5. The number of benzene rings is 4. The molecule has 0 aliphatic rings. The Morgan fingerprint density at radius 2 is 1.16 bits per heavy atom. The molecule has 17 N–H and O–H groups in total. The minimum atomic E-state index is -1.15. The number of primary amides is 1. The fourth-order valence-corrected chi connectivity index (χ4v) is 8.20. The maximum Gasteiger partial charge on any atom is 0.244 e. The number of hydrogen-bond acceptors (Lipinski definition) is 17. The van der Waals surface area contributed by atoms with Crippen molar-refractivity contribution in [2.24, 2.45) is 17.2 Å². The van der Waals surface area contributed by atoms with Crippen LogP contribution in [0.5, 0.6) is 11.5 Å². The van der Waals surface area contributed by atoms with Crippen molar-refractivity contribution in [3.05, 3.63) is 124 Å². The summed E-state index contributed by atoms with van der Waals surface area (Å²) in [6.07, 6.45) is 4.70. The summed E-state index contributed by atoms with van der Waals surface area (Å²) < 4.78 is 0. The molecule has 0 aliphatic carbocycles. The molecule has 0 aromatic heterocycles. The highest BCUT2D eigenvalue weighted by Crippen LogP contribution is 2.19. The summed E-state index contributed by atoms with van der Waals surface area (Å²) in [5.74, 6) is -3.46. The van der Waals surface area contributed by atoms with E-state index in [1.54, 1.807) is 50.4 Å². The van der Waals surface area contributed by atoms with E-state index in [2.05, 4.69) is 42.5 Å². The molecule has 0 aliphatic heterocycles. The topological polar surface area (TPSA) is 389 Å². The third kappa shape index (κ3) is 33.2. The van der Waals surface area contributed by atoms with Gasteiger partial charge >= 0.3 is 0 Å². The average molecular weight is 1180 g/mol. The Morgan fingerprint density at radius 3 is 1.68 bits per heavy atom. The van der Waals surface area contributed by atoms with Crippen molar-refractivity contribution < 1.29 is 58.5 Å². The first-order chi connectivity index (χ1) is 38.7. The largest absolute Gasteiger partial charge is 0.508 e. The SMILES string of the molecule is CCO.CNCC(=O)NC(Cc1ccc(O)cc1)C(N)=O.CSSCC(NC(=O)CCc1ccc(Cl)cc1)C(=O)NC(Cc1ccc(O)cc1)C(=O)NCC(=O)NC(CCCCN)C(=O)NCC=O.Cc1ccc(NC(=O)CN)cc1. The highest BCUT2D eigenvalue weighted by Gasteiger charge is 2.28. The predicted octanol–water partition coefficient (Wildman–Crippen LogP) is 1.26. The zero-order valence-electron chi connectivity index (χ0n) is 46.0. The third-order valence-electron chi connectivity index (χ3n) is 10.9. The highest BCUT2D eigenvalue weighted by molar-refractivity contribution is 8.76. The van der Waals surface area contributed by atoms with Crippen LogP contribution in [0.2, 0.25) is 5.02 Å². The minimum Gasteiger partial charge on any atom is -0.508 e. The van der Waals surface area contributed by atoms with Crippen molar-refractivity contribution in [2.75, 3.05) is 63.7 Å². The number of carbonyl (C=O) groups is 9. The van der Waals surface area contributed by atoms with E-state index in [-0.39, 0.29) is 80.5 Å². The molecule has 444 valence electrons. The molecule has 0 fully saturated rings. The number of aliphatic hydroxyl groups is 1. The van der Waals surface area contributed by atoms with Crippen molar-refractivity contribution in [3.63, 3.8) is 0 Å². The monoisotopic (exact) mass is 1180 g/mol. The summed E-state index contributed by atoms with van der Waals surface area (Å²) in [7, 11) is 4.42. The average Bonchev–Trinajstić information content (AvgIpc) is 3.44. The molecule has 0 radical (unpaired) electrons. The molecule has 26 heteroatoms. The summed E-state index contributed by atoms with van der Waals surface area (Å²) >= 11 is 5.94. The van der Waals surface area contributed by atoms with Gasteiger partial charge in [0.2, 0.25) is 47.3 Å². The summed E-state index contributed by atoms with van der Waals surface area (Å²) in [5, 5.41) is 47.8. The number of likely N-dealkylation sites (N-methyl/N-ethyl adjacent to an activating group) is 1. The molecule has 4 aromatic carbocycles. The van der Waals surface area contributed by atoms with Gasteiger partial charge in [0.25, 0.3) is 0 Å². The number of aromatic hydroxyl groups is 2. The lowest BCUT2D eigenvalue weighted by Crippen LogP contribution is -2.56. The number of aldehydes is 1. The van der Waals surface area contributed by atoms with Crippen LogP contribution >= 0.6 is 33.2 Å². The van der Waals surface area contributed by atoms with Crippen LogP contribution in [0.4, 0.5) is 5.69 Å². The molecule has 0 saturated carbocycles. The minimum absolute atomic E-state index is 0.0161. The van der Waals surface area contributed by atoms with Crippen molar-refractivity contribution in [1.29, 1.82) is 0 Å². The normalized spacial score (nSPS) is 11.7. The van der Waals surface area contributed by atoms with E-state index in [0.29, 0.717) is 49.1 Å². The summed E-state index contributed by atoms with van der Waals surface area (Å²) in [5.41, 5.74) is 20.2. The molecule has 0 spiro atoms. The molecular formula is C55H78ClN11O12S2. The predicted molar refractivity (Wildman–Crippen MR) is 317 cm³/mol. The van der Waals surface area contributed by atoms with E-state index >= 15 is 0 Å². The Hall–Kier alpha value is -7.26. The zero-order valence-corrected chi connectivity index (χ0v) is 48.4. The molecule has 4 rings (SSSR count). The maximum atomic E-state index is 13.5. The molecule has 4 unspecified atom stereocenters. The number of aliphatic hydroxyl groups excluding tert-OH is 1. The Bertz CT molecular complexity index is 2540. The van der Waals surface area contributed by atoms with E-state index in [0.717, 1.165) is 16.8 Å². The Morgan fingerprint density at radius 1 is 0.642 bits per heavy atom. The first-order valence-corrected chi connectivity index (χ1v) is 28.8. The molecule has 0 heterocycles. The Kier molecular flexibility index (Phi) is 37.7. The van der Waals surface area contributed by atoms with Crippen molar-refractivity contribution in [2.45, 2.75) is 83.0 Å². The number of aryl methyl sites for hydroxylation is 2. The summed E-state index contributed by atoms with van der Waals surface area (Å²) in [6, 6.07) is 23.3. The van der Waals surface area contributed by atoms with Gasteiger partial charge in [-0.25, -0.2) is 0 Å². The van der Waals surface area contributed by atoms with Gasteiger partial charge in [-0.05, 0) is 125 Å². The van der Waals surface area contributed by atoms with Crippen LogP contribution in [0.15, 0.2) is 97.1 Å². The molecule has 4 aromatic rings. The maximum absolute atomic E-state index is 13.5. The van der Waals surface area contributed by atoms with Gasteiger partial charge in [0, 0.05) is 42.3 Å². The number of rotatable bonds is 30. The van der Waals surface area contributed by atoms with E-state index in [1.165, 1.54) is 51.4 Å². The van der Waals surface area contributed by atoms with E-state index in [4.69, 9.17) is 39.0 Å². The van der Waals surface area contributed by atoms with Crippen LogP contribution < -0.4 is 59.7 Å². The van der Waals surface area contributed by atoms with Crippen LogP contribution in [-0.4, -0.2) is 151 Å². The lowest BCUT2D eigenvalue weighted by atomic mass is 10.0. The number of phenols is 2. The first-order valence-electron chi connectivity index (χ1n) is 25.7. The van der Waals surface area contributed by atoms with Crippen LogP contribution in [0, 0.1) is 6.92 Å². The van der Waals surface area contributed by atoms with Crippen molar-refractivity contribution >= 4 is 92.4 Å². The van der Waals surface area contributed by atoms with Gasteiger partial charge in [0.1, 0.15) is 42.0 Å². The van der Waals surface area contributed by atoms with Crippen LogP contribution in [-0.2, 0) is 62.4 Å². The van der Waals surface area contributed by atoms with Crippen LogP contribution in [0.3, 0.4) is 0 Å². The lowest BCUT2D eigenvalue weighted by Gasteiger charge is -2.23. The van der Waals surface area contributed by atoms with Crippen molar-refractivity contribution in [1.82, 2.24) is 37.2 Å². The number of unbranched alkanes of at least 4 members (excludes halogenated alkanes) is 1. The van der Waals surface area contributed by atoms with Gasteiger partial charge in [0.05, 0.1) is 26.2 Å². The van der Waals surface area contributed by atoms with E-state index in [9.17, 15) is 48.3 Å². The van der Waals surface area contributed by atoms with E-state index in [1.807, 2.05) is 49.6 Å². The third-order valence-corrected chi connectivity index (χ3v) is 12.9. The first kappa shape index (κ1) is 71.8. The molecule has 81 heavy (non-hydrogen) atoms. The number of carbonyl (C=O) groups excluding carboxylic acids is 9. The fraction of sp³-hybridized carbons (Fsp3) is 0.400. The fourth-order valence-electron chi connectivity index (χ4n) is 6.75. The quantitative estimate of drug-likeness (QED) is 0.0199. The standard InChI is InChI=1S/C32H43ClN6O7S2.C12H17N3O3.C9H12N2O.C2H6O/c1-47-48-20-27(38-28(42)14-9-21-5-10-23(33)11-6-21)32(46)39-26(18-22-7-12-24(41)13-8-22)31(45)36-19-29(43)37-25(4-2-3-15-34)30(44)35-16-17-40;1-14-7-11(17)15-10(12(13)18)6-8-2-4-9(16)5-3-8;1-7-2-4-8(5-3-7)11-9(12)6-10;1-2-3/h5-8,10-13,17,25-27,41H,2-4,9,14-16,18-20,34H2,1H3,(H,35,44)(H,36,45)(H,37,43)(H,38,42)(H,39,46);2-5,10,14,16H,6-7H2,1H3,(H2,13,18)(H,15,17);2-5H,6,10H2,1H3,(H,11,12);3H,2H2,1H3. The van der Waals surface area contributed by atoms with Gasteiger partial charge in [-0.1, -0.05) is 87.3 Å². The van der Waals surface area contributed by atoms with Gasteiger partial charge in [0.15, 0.2) is 0 Å². The van der Waals surface area contributed by atoms with Crippen molar-refractivity contribution in [3.8, 4) is 11.5 Å². The number of halogens is 1. The molecule has 8 amide bonds. The van der Waals surface area contributed by atoms with Gasteiger partial charge in [-0.2, -0.15) is 0 Å².